The van der Waals surface area contributed by atoms with Crippen LogP contribution in [0.15, 0.2) is 18.3 Å². The van der Waals surface area contributed by atoms with Gasteiger partial charge in [0.15, 0.2) is 5.78 Å². The lowest BCUT2D eigenvalue weighted by Crippen LogP contribution is -2.42. The molecular formula is C15H20N2O. The first-order chi connectivity index (χ1) is 8.72. The Morgan fingerprint density at radius 3 is 2.56 bits per heavy atom. The molecule has 3 rings (SSSR count). The fourth-order valence-electron chi connectivity index (χ4n) is 3.42. The number of piperidine rings is 1. The molecule has 2 fully saturated rings. The third-order valence-electron chi connectivity index (χ3n) is 4.32. The number of rotatable bonds is 2. The topological polar surface area (TPSA) is 33.2 Å². The first-order valence-corrected chi connectivity index (χ1v) is 6.94. The van der Waals surface area contributed by atoms with Crippen LogP contribution in [0, 0.1) is 11.8 Å². The number of pyridine rings is 1. The van der Waals surface area contributed by atoms with E-state index >= 15 is 0 Å². The number of nitrogens with zero attached hydrogens (tertiary/aromatic N) is 2. The predicted octanol–water partition coefficient (Wildman–Crippen LogP) is 2.91. The number of hydrogen-bond acceptors (Lipinski definition) is 3. The molecule has 96 valence electrons. The van der Waals surface area contributed by atoms with Crippen LogP contribution in [0.25, 0.3) is 0 Å². The van der Waals surface area contributed by atoms with Crippen molar-refractivity contribution >= 4 is 11.5 Å². The summed E-state index contributed by atoms with van der Waals surface area (Å²) in [6.45, 7) is 3.89. The van der Waals surface area contributed by atoms with Gasteiger partial charge in [0.25, 0.3) is 0 Å². The van der Waals surface area contributed by atoms with Crippen molar-refractivity contribution in [2.24, 2.45) is 11.8 Å². The van der Waals surface area contributed by atoms with Crippen molar-refractivity contribution in [3.8, 4) is 0 Å². The maximum Gasteiger partial charge on any atom is 0.178 e. The van der Waals surface area contributed by atoms with Crippen molar-refractivity contribution in [3.05, 3.63) is 24.0 Å². The molecule has 1 aliphatic carbocycles. The SMILES string of the molecule is CC(=O)c1ccc(N2CC3CCCC(C3)C2)cn1. The van der Waals surface area contributed by atoms with E-state index in [0.717, 1.165) is 24.9 Å². The molecular weight excluding hydrogens is 224 g/mol. The van der Waals surface area contributed by atoms with Crippen LogP contribution in [0.4, 0.5) is 5.69 Å². The van der Waals surface area contributed by atoms with Crippen molar-refractivity contribution in [2.75, 3.05) is 18.0 Å². The molecule has 2 aliphatic rings. The summed E-state index contributed by atoms with van der Waals surface area (Å²) < 4.78 is 0. The number of anilines is 1. The van der Waals surface area contributed by atoms with E-state index in [1.165, 1.54) is 31.4 Å². The minimum Gasteiger partial charge on any atom is -0.370 e. The number of ketones is 1. The van der Waals surface area contributed by atoms with E-state index in [2.05, 4.69) is 9.88 Å². The number of carbonyl (C=O) groups is 1. The normalized spacial score (nSPS) is 27.1. The molecule has 1 aromatic rings. The molecule has 3 nitrogen and oxygen atoms in total. The Hall–Kier alpha value is -1.38. The zero-order valence-electron chi connectivity index (χ0n) is 10.9. The minimum atomic E-state index is 0.0389. The highest BCUT2D eigenvalue weighted by Gasteiger charge is 2.30. The number of fused-ring (bicyclic) bond motifs is 2. The smallest absolute Gasteiger partial charge is 0.178 e. The van der Waals surface area contributed by atoms with Crippen LogP contribution in [0.2, 0.25) is 0 Å². The first-order valence-electron chi connectivity index (χ1n) is 6.94. The number of aromatic nitrogens is 1. The van der Waals surface area contributed by atoms with Crippen molar-refractivity contribution in [1.82, 2.24) is 4.98 Å². The van der Waals surface area contributed by atoms with Crippen LogP contribution in [0.5, 0.6) is 0 Å². The fraction of sp³-hybridized carbons (Fsp3) is 0.600. The summed E-state index contributed by atoms with van der Waals surface area (Å²) in [7, 11) is 0. The third-order valence-corrected chi connectivity index (χ3v) is 4.32. The Bertz CT molecular complexity index is 428. The third kappa shape index (κ3) is 2.26. The van der Waals surface area contributed by atoms with Gasteiger partial charge in [-0.05, 0) is 43.2 Å². The monoisotopic (exact) mass is 244 g/mol. The molecule has 1 saturated heterocycles. The van der Waals surface area contributed by atoms with Gasteiger partial charge in [-0.1, -0.05) is 6.42 Å². The molecule has 0 radical (unpaired) electrons. The standard InChI is InChI=1S/C15H20N2O/c1-11(18)15-6-5-14(8-16-15)17-9-12-3-2-4-13(7-12)10-17/h5-6,8,12-13H,2-4,7,9-10H2,1H3. The Morgan fingerprint density at radius 1 is 1.28 bits per heavy atom. The van der Waals surface area contributed by atoms with E-state index in [4.69, 9.17) is 0 Å². The average molecular weight is 244 g/mol. The highest BCUT2D eigenvalue weighted by atomic mass is 16.1. The van der Waals surface area contributed by atoms with E-state index in [9.17, 15) is 4.79 Å². The highest BCUT2D eigenvalue weighted by molar-refractivity contribution is 5.92. The molecule has 2 bridgehead atoms. The van der Waals surface area contributed by atoms with E-state index in [-0.39, 0.29) is 5.78 Å². The molecule has 2 unspecified atom stereocenters. The molecule has 3 heteroatoms. The molecule has 1 aliphatic heterocycles. The summed E-state index contributed by atoms with van der Waals surface area (Å²) in [5, 5.41) is 0. The molecule has 0 spiro atoms. The second-order valence-corrected chi connectivity index (χ2v) is 5.76. The van der Waals surface area contributed by atoms with Crippen molar-refractivity contribution in [3.63, 3.8) is 0 Å². The lowest BCUT2D eigenvalue weighted by molar-refractivity contribution is 0.101. The van der Waals surface area contributed by atoms with Crippen molar-refractivity contribution in [1.29, 1.82) is 0 Å². The van der Waals surface area contributed by atoms with Crippen LogP contribution in [-0.4, -0.2) is 23.9 Å². The van der Waals surface area contributed by atoms with Gasteiger partial charge < -0.3 is 4.90 Å². The zero-order valence-corrected chi connectivity index (χ0v) is 10.9. The molecule has 0 N–H and O–H groups in total. The first kappa shape index (κ1) is 11.7. The summed E-state index contributed by atoms with van der Waals surface area (Å²) in [6, 6.07) is 3.90. The van der Waals surface area contributed by atoms with Crippen LogP contribution >= 0.6 is 0 Å². The van der Waals surface area contributed by atoms with Gasteiger partial charge in [-0.25, -0.2) is 0 Å². The maximum absolute atomic E-state index is 11.2. The van der Waals surface area contributed by atoms with Gasteiger partial charge in [0.2, 0.25) is 0 Å². The zero-order chi connectivity index (χ0) is 12.5. The van der Waals surface area contributed by atoms with Gasteiger partial charge in [0.1, 0.15) is 5.69 Å². The Kier molecular flexibility index (Phi) is 3.06. The Balaban J connectivity index is 1.76. The molecule has 2 heterocycles. The average Bonchev–Trinajstić information content (AvgIpc) is 2.38. The summed E-state index contributed by atoms with van der Waals surface area (Å²) >= 11 is 0. The summed E-state index contributed by atoms with van der Waals surface area (Å²) in [5.74, 6) is 1.77. The van der Waals surface area contributed by atoms with Crippen LogP contribution < -0.4 is 4.90 Å². The molecule has 0 aromatic carbocycles. The Morgan fingerprint density at radius 2 is 2.00 bits per heavy atom. The lowest BCUT2D eigenvalue weighted by Gasteiger charge is -2.42. The lowest BCUT2D eigenvalue weighted by atomic mass is 9.78. The molecule has 18 heavy (non-hydrogen) atoms. The molecule has 1 saturated carbocycles. The molecule has 2 atom stereocenters. The quantitative estimate of drug-likeness (QED) is 0.750. The second-order valence-electron chi connectivity index (χ2n) is 5.76. The van der Waals surface area contributed by atoms with Crippen molar-refractivity contribution in [2.45, 2.75) is 32.6 Å². The molecule has 1 aromatic heterocycles. The highest BCUT2D eigenvalue weighted by Crippen LogP contribution is 2.36. The maximum atomic E-state index is 11.2. The predicted molar refractivity (Wildman–Crippen MR) is 71.9 cm³/mol. The van der Waals surface area contributed by atoms with Gasteiger partial charge in [0.05, 0.1) is 11.9 Å². The summed E-state index contributed by atoms with van der Waals surface area (Å²) in [5.41, 5.74) is 1.74. The van der Waals surface area contributed by atoms with Crippen LogP contribution in [-0.2, 0) is 0 Å². The summed E-state index contributed by atoms with van der Waals surface area (Å²) in [4.78, 5) is 17.9. The number of hydrogen-bond donors (Lipinski definition) is 0. The van der Waals surface area contributed by atoms with Crippen LogP contribution in [0.1, 0.15) is 43.1 Å². The van der Waals surface area contributed by atoms with Gasteiger partial charge in [-0.15, -0.1) is 0 Å². The van der Waals surface area contributed by atoms with Gasteiger partial charge in [0, 0.05) is 20.0 Å². The Labute approximate surface area is 108 Å². The van der Waals surface area contributed by atoms with E-state index in [1.807, 2.05) is 18.3 Å². The van der Waals surface area contributed by atoms with E-state index in [1.54, 1.807) is 6.92 Å². The second kappa shape index (κ2) is 4.71. The number of carbonyl (C=O) groups excluding carboxylic acids is 1. The largest absolute Gasteiger partial charge is 0.370 e. The van der Waals surface area contributed by atoms with Crippen molar-refractivity contribution < 1.29 is 4.79 Å². The number of Topliss-reactive ketones (excluding diaryl/α,β-unsaturated/α-hetero) is 1. The molecule has 0 amide bonds. The van der Waals surface area contributed by atoms with E-state index < -0.39 is 0 Å². The fourth-order valence-corrected chi connectivity index (χ4v) is 3.42. The van der Waals surface area contributed by atoms with Crippen LogP contribution in [0.3, 0.4) is 0 Å². The van der Waals surface area contributed by atoms with E-state index in [0.29, 0.717) is 5.69 Å². The summed E-state index contributed by atoms with van der Waals surface area (Å²) in [6.07, 6.45) is 7.44. The minimum absolute atomic E-state index is 0.0389. The van der Waals surface area contributed by atoms with Gasteiger partial charge in [-0.2, -0.15) is 0 Å². The van der Waals surface area contributed by atoms with Gasteiger partial charge in [-0.3, -0.25) is 9.78 Å². The van der Waals surface area contributed by atoms with Gasteiger partial charge >= 0.3 is 0 Å².